The van der Waals surface area contributed by atoms with Crippen LogP contribution in [0.2, 0.25) is 0 Å². The van der Waals surface area contributed by atoms with E-state index in [9.17, 15) is 10.2 Å². The molecule has 0 spiro atoms. The standard InChI is InChI=1S/C17H21NO2/c1-13(19)12-16(18)17(20,14-8-4-2-5-9-14)15-10-6-3-7-11-15/h2-11,13,16,19-20H,12,18H2,1H3/t13?,16-/m1/s1. The minimum Gasteiger partial charge on any atom is -0.393 e. The van der Waals surface area contributed by atoms with Crippen molar-refractivity contribution in [2.75, 3.05) is 0 Å². The molecule has 2 aromatic carbocycles. The van der Waals surface area contributed by atoms with Gasteiger partial charge in [-0.05, 0) is 24.5 Å². The zero-order chi connectivity index (χ0) is 14.6. The predicted octanol–water partition coefficient (Wildman–Crippen LogP) is 2.02. The monoisotopic (exact) mass is 271 g/mol. The van der Waals surface area contributed by atoms with E-state index in [1.54, 1.807) is 6.92 Å². The Hall–Kier alpha value is -1.68. The van der Waals surface area contributed by atoms with Crippen LogP contribution in [0.25, 0.3) is 0 Å². The molecule has 1 unspecified atom stereocenters. The molecule has 0 heterocycles. The maximum atomic E-state index is 11.2. The fourth-order valence-electron chi connectivity index (χ4n) is 2.52. The highest BCUT2D eigenvalue weighted by Gasteiger charge is 2.38. The summed E-state index contributed by atoms with van der Waals surface area (Å²) in [7, 11) is 0. The van der Waals surface area contributed by atoms with Crippen LogP contribution in [0.1, 0.15) is 24.5 Å². The summed E-state index contributed by atoms with van der Waals surface area (Å²) in [5.41, 5.74) is 6.37. The quantitative estimate of drug-likeness (QED) is 0.779. The molecule has 0 aliphatic rings. The molecule has 4 N–H and O–H groups in total. The van der Waals surface area contributed by atoms with Gasteiger partial charge in [-0.2, -0.15) is 0 Å². The van der Waals surface area contributed by atoms with Crippen LogP contribution in [0, 0.1) is 0 Å². The van der Waals surface area contributed by atoms with E-state index in [4.69, 9.17) is 5.73 Å². The Morgan fingerprint density at radius 1 is 0.950 bits per heavy atom. The van der Waals surface area contributed by atoms with Gasteiger partial charge in [-0.3, -0.25) is 0 Å². The van der Waals surface area contributed by atoms with Crippen molar-refractivity contribution < 1.29 is 10.2 Å². The van der Waals surface area contributed by atoms with Crippen LogP contribution in [0.4, 0.5) is 0 Å². The topological polar surface area (TPSA) is 66.5 Å². The minimum atomic E-state index is -1.31. The van der Waals surface area contributed by atoms with Crippen LogP contribution >= 0.6 is 0 Å². The Kier molecular flexibility index (Phi) is 4.55. The summed E-state index contributed by atoms with van der Waals surface area (Å²) in [5.74, 6) is 0. The van der Waals surface area contributed by atoms with Crippen LogP contribution < -0.4 is 5.73 Å². The molecular weight excluding hydrogens is 250 g/mol. The summed E-state index contributed by atoms with van der Waals surface area (Å²) < 4.78 is 0. The molecule has 0 amide bonds. The first kappa shape index (κ1) is 14.7. The number of hydrogen-bond acceptors (Lipinski definition) is 3. The molecule has 0 saturated carbocycles. The minimum absolute atomic E-state index is 0.320. The second kappa shape index (κ2) is 6.18. The highest BCUT2D eigenvalue weighted by molar-refractivity contribution is 5.38. The number of nitrogens with two attached hydrogens (primary N) is 1. The van der Waals surface area contributed by atoms with Crippen molar-refractivity contribution in [1.82, 2.24) is 0 Å². The van der Waals surface area contributed by atoms with E-state index in [2.05, 4.69) is 0 Å². The van der Waals surface area contributed by atoms with Crippen LogP contribution in [0.3, 0.4) is 0 Å². The third kappa shape index (κ3) is 2.90. The lowest BCUT2D eigenvalue weighted by atomic mass is 9.78. The van der Waals surface area contributed by atoms with Crippen molar-refractivity contribution in [2.24, 2.45) is 5.73 Å². The number of aliphatic hydroxyl groups is 2. The first-order valence-corrected chi connectivity index (χ1v) is 6.82. The van der Waals surface area contributed by atoms with Gasteiger partial charge in [0.1, 0.15) is 5.60 Å². The largest absolute Gasteiger partial charge is 0.393 e. The predicted molar refractivity (Wildman–Crippen MR) is 80.2 cm³/mol. The zero-order valence-electron chi connectivity index (χ0n) is 11.6. The van der Waals surface area contributed by atoms with Gasteiger partial charge in [0.2, 0.25) is 0 Å². The van der Waals surface area contributed by atoms with Gasteiger partial charge in [0.15, 0.2) is 0 Å². The normalized spacial score (nSPS) is 14.8. The first-order chi connectivity index (χ1) is 9.55. The summed E-state index contributed by atoms with van der Waals surface area (Å²) >= 11 is 0. The molecule has 0 saturated heterocycles. The molecular formula is C17H21NO2. The van der Waals surface area contributed by atoms with Crippen LogP contribution in [-0.4, -0.2) is 22.4 Å². The van der Waals surface area contributed by atoms with Crippen molar-refractivity contribution in [3.05, 3.63) is 71.8 Å². The number of hydrogen-bond donors (Lipinski definition) is 3. The molecule has 0 fully saturated rings. The molecule has 106 valence electrons. The second-order valence-electron chi connectivity index (χ2n) is 5.19. The van der Waals surface area contributed by atoms with Crippen LogP contribution in [-0.2, 0) is 5.60 Å². The summed E-state index contributed by atoms with van der Waals surface area (Å²) in [4.78, 5) is 0. The lowest BCUT2D eigenvalue weighted by molar-refractivity contribution is 0.0311. The molecule has 20 heavy (non-hydrogen) atoms. The average Bonchev–Trinajstić information content (AvgIpc) is 2.47. The van der Waals surface area contributed by atoms with E-state index in [0.717, 1.165) is 11.1 Å². The van der Waals surface area contributed by atoms with Gasteiger partial charge in [-0.15, -0.1) is 0 Å². The van der Waals surface area contributed by atoms with Gasteiger partial charge in [0.05, 0.1) is 6.10 Å². The molecule has 2 aromatic rings. The van der Waals surface area contributed by atoms with Gasteiger partial charge < -0.3 is 15.9 Å². The van der Waals surface area contributed by atoms with E-state index >= 15 is 0 Å². The lowest BCUT2D eigenvalue weighted by Crippen LogP contribution is -2.47. The molecule has 0 aromatic heterocycles. The maximum Gasteiger partial charge on any atom is 0.130 e. The Labute approximate surface area is 119 Å². The Morgan fingerprint density at radius 3 is 1.70 bits per heavy atom. The van der Waals surface area contributed by atoms with E-state index in [1.165, 1.54) is 0 Å². The Balaban J connectivity index is 2.49. The summed E-state index contributed by atoms with van der Waals surface area (Å²) in [6, 6.07) is 18.1. The number of rotatable bonds is 5. The van der Waals surface area contributed by atoms with Crippen molar-refractivity contribution in [1.29, 1.82) is 0 Å². The fourth-order valence-corrected chi connectivity index (χ4v) is 2.52. The zero-order valence-corrected chi connectivity index (χ0v) is 11.6. The van der Waals surface area contributed by atoms with E-state index in [-0.39, 0.29) is 0 Å². The van der Waals surface area contributed by atoms with Gasteiger partial charge in [0.25, 0.3) is 0 Å². The highest BCUT2D eigenvalue weighted by atomic mass is 16.3. The van der Waals surface area contributed by atoms with Crippen LogP contribution in [0.15, 0.2) is 60.7 Å². The van der Waals surface area contributed by atoms with E-state index < -0.39 is 17.7 Å². The third-order valence-electron chi connectivity index (χ3n) is 3.56. The Morgan fingerprint density at radius 2 is 1.35 bits per heavy atom. The Bertz CT molecular complexity index is 486. The summed E-state index contributed by atoms with van der Waals surface area (Å²) in [6.07, 6.45) is -0.246. The van der Waals surface area contributed by atoms with Crippen molar-refractivity contribution in [3.8, 4) is 0 Å². The molecule has 2 atom stereocenters. The molecule has 3 nitrogen and oxygen atoms in total. The van der Waals surface area contributed by atoms with E-state index in [1.807, 2.05) is 60.7 Å². The third-order valence-corrected chi connectivity index (χ3v) is 3.56. The maximum absolute atomic E-state index is 11.2. The SMILES string of the molecule is CC(O)C[C@@H](N)C(O)(c1ccccc1)c1ccccc1. The van der Waals surface area contributed by atoms with E-state index in [0.29, 0.717) is 6.42 Å². The van der Waals surface area contributed by atoms with Gasteiger partial charge in [-0.25, -0.2) is 0 Å². The molecule has 0 aliphatic carbocycles. The van der Waals surface area contributed by atoms with Crippen molar-refractivity contribution in [2.45, 2.75) is 31.1 Å². The fraction of sp³-hybridized carbons (Fsp3) is 0.294. The van der Waals surface area contributed by atoms with Gasteiger partial charge in [0, 0.05) is 6.04 Å². The molecule has 3 heteroatoms. The van der Waals surface area contributed by atoms with Crippen LogP contribution in [0.5, 0.6) is 0 Å². The lowest BCUT2D eigenvalue weighted by Gasteiger charge is -2.35. The summed E-state index contributed by atoms with van der Waals surface area (Å²) in [6.45, 7) is 1.68. The average molecular weight is 271 g/mol. The van der Waals surface area contributed by atoms with Gasteiger partial charge in [-0.1, -0.05) is 60.7 Å². The molecule has 0 bridgehead atoms. The molecule has 2 rings (SSSR count). The smallest absolute Gasteiger partial charge is 0.130 e. The molecule has 0 aliphatic heterocycles. The van der Waals surface area contributed by atoms with Crippen molar-refractivity contribution >= 4 is 0 Å². The number of benzene rings is 2. The highest BCUT2D eigenvalue weighted by Crippen LogP contribution is 2.33. The van der Waals surface area contributed by atoms with Gasteiger partial charge >= 0.3 is 0 Å². The molecule has 0 radical (unpaired) electrons. The number of aliphatic hydroxyl groups excluding tert-OH is 1. The second-order valence-corrected chi connectivity index (χ2v) is 5.19. The summed E-state index contributed by atoms with van der Waals surface area (Å²) in [5, 5.41) is 20.8. The van der Waals surface area contributed by atoms with Crippen molar-refractivity contribution in [3.63, 3.8) is 0 Å². The first-order valence-electron chi connectivity index (χ1n) is 6.82.